The van der Waals surface area contributed by atoms with Crippen LogP contribution in [-0.4, -0.2) is 5.91 Å². The van der Waals surface area contributed by atoms with Crippen LogP contribution in [0.15, 0.2) is 72.8 Å². The lowest BCUT2D eigenvalue weighted by molar-refractivity contribution is 0.0939. The maximum Gasteiger partial charge on any atom is 0.251 e. The molecule has 0 spiro atoms. The maximum absolute atomic E-state index is 13.0. The van der Waals surface area contributed by atoms with Gasteiger partial charge in [-0.25, -0.2) is 4.39 Å². The van der Waals surface area contributed by atoms with Crippen LogP contribution < -0.4 is 10.1 Å². The summed E-state index contributed by atoms with van der Waals surface area (Å²) in [6.45, 7) is 2.17. The molecular formula is C22H19ClFNO2. The first kappa shape index (κ1) is 18.9. The first-order valence-corrected chi connectivity index (χ1v) is 8.93. The number of hydrogen-bond acceptors (Lipinski definition) is 2. The fourth-order valence-electron chi connectivity index (χ4n) is 2.62. The van der Waals surface area contributed by atoms with Gasteiger partial charge in [0.25, 0.3) is 5.91 Å². The first-order valence-electron chi connectivity index (χ1n) is 8.55. The molecule has 1 amide bonds. The smallest absolute Gasteiger partial charge is 0.251 e. The predicted molar refractivity (Wildman–Crippen MR) is 105 cm³/mol. The van der Waals surface area contributed by atoms with Crippen LogP contribution in [0.2, 0.25) is 5.02 Å². The Morgan fingerprint density at radius 3 is 2.56 bits per heavy atom. The summed E-state index contributed by atoms with van der Waals surface area (Å²) in [6, 6.07) is 20.2. The van der Waals surface area contributed by atoms with Gasteiger partial charge in [0.15, 0.2) is 0 Å². The third-order valence-corrected chi connectivity index (χ3v) is 4.53. The zero-order chi connectivity index (χ0) is 19.2. The minimum atomic E-state index is -0.305. The molecule has 5 heteroatoms. The second-order valence-electron chi connectivity index (χ2n) is 6.15. The molecule has 0 bridgehead atoms. The average molecular weight is 384 g/mol. The predicted octanol–water partition coefficient (Wildman–Crippen LogP) is 5.55. The standard InChI is InChI=1S/C22H19ClFNO2/c1-15(16-9-11-19(24)12-10-16)25-22(26)17-6-4-7-20(13-17)27-14-18-5-2-3-8-21(18)23/h2-13,15H,14H2,1H3,(H,25,26)/t15-/m1/s1. The van der Waals surface area contributed by atoms with E-state index in [0.29, 0.717) is 22.9 Å². The van der Waals surface area contributed by atoms with Crippen molar-refractivity contribution in [3.8, 4) is 5.75 Å². The molecule has 0 saturated carbocycles. The van der Waals surface area contributed by atoms with E-state index in [1.807, 2.05) is 25.1 Å². The maximum atomic E-state index is 13.0. The van der Waals surface area contributed by atoms with Crippen molar-refractivity contribution in [2.24, 2.45) is 0 Å². The van der Waals surface area contributed by atoms with E-state index in [9.17, 15) is 9.18 Å². The number of benzene rings is 3. The Bertz CT molecular complexity index is 928. The molecule has 138 valence electrons. The van der Waals surface area contributed by atoms with Crippen molar-refractivity contribution in [3.05, 3.63) is 100 Å². The van der Waals surface area contributed by atoms with E-state index < -0.39 is 0 Å². The molecule has 3 aromatic carbocycles. The van der Waals surface area contributed by atoms with Gasteiger partial charge in [0, 0.05) is 16.1 Å². The molecule has 0 aliphatic heterocycles. The van der Waals surface area contributed by atoms with Crippen molar-refractivity contribution < 1.29 is 13.9 Å². The fraction of sp³-hybridized carbons (Fsp3) is 0.136. The number of nitrogens with one attached hydrogen (secondary N) is 1. The molecule has 0 aromatic heterocycles. The van der Waals surface area contributed by atoms with E-state index in [2.05, 4.69) is 5.32 Å². The monoisotopic (exact) mass is 383 g/mol. The van der Waals surface area contributed by atoms with E-state index in [1.54, 1.807) is 42.5 Å². The molecule has 27 heavy (non-hydrogen) atoms. The van der Waals surface area contributed by atoms with Crippen molar-refractivity contribution in [1.29, 1.82) is 0 Å². The Balaban J connectivity index is 1.64. The zero-order valence-corrected chi connectivity index (χ0v) is 15.5. The second-order valence-corrected chi connectivity index (χ2v) is 6.56. The van der Waals surface area contributed by atoms with Gasteiger partial charge in [0.05, 0.1) is 6.04 Å². The van der Waals surface area contributed by atoms with Gasteiger partial charge in [-0.3, -0.25) is 4.79 Å². The van der Waals surface area contributed by atoms with Crippen LogP contribution in [0.3, 0.4) is 0 Å². The van der Waals surface area contributed by atoms with Crippen molar-refractivity contribution in [1.82, 2.24) is 5.32 Å². The Morgan fingerprint density at radius 2 is 1.81 bits per heavy atom. The third-order valence-electron chi connectivity index (χ3n) is 4.17. The topological polar surface area (TPSA) is 38.3 Å². The van der Waals surface area contributed by atoms with Crippen molar-refractivity contribution in [3.63, 3.8) is 0 Å². The molecule has 3 rings (SSSR count). The largest absolute Gasteiger partial charge is 0.489 e. The van der Waals surface area contributed by atoms with E-state index in [4.69, 9.17) is 16.3 Å². The lowest BCUT2D eigenvalue weighted by atomic mass is 10.1. The van der Waals surface area contributed by atoms with Gasteiger partial charge in [-0.1, -0.05) is 48.0 Å². The summed E-state index contributed by atoms with van der Waals surface area (Å²) in [5, 5.41) is 3.54. The third kappa shape index (κ3) is 5.08. The second kappa shape index (κ2) is 8.69. The number of carbonyl (C=O) groups is 1. The summed E-state index contributed by atoms with van der Waals surface area (Å²) < 4.78 is 18.8. The minimum Gasteiger partial charge on any atom is -0.489 e. The highest BCUT2D eigenvalue weighted by molar-refractivity contribution is 6.31. The number of rotatable bonds is 6. The number of ether oxygens (including phenoxy) is 1. The van der Waals surface area contributed by atoms with Gasteiger partial charge >= 0.3 is 0 Å². The van der Waals surface area contributed by atoms with Crippen molar-refractivity contribution in [2.75, 3.05) is 0 Å². The molecule has 0 fully saturated rings. The molecule has 1 atom stereocenters. The van der Waals surface area contributed by atoms with Gasteiger partial charge in [0.2, 0.25) is 0 Å². The summed E-state index contributed by atoms with van der Waals surface area (Å²) >= 11 is 6.13. The summed E-state index contributed by atoms with van der Waals surface area (Å²) in [5.41, 5.74) is 2.19. The van der Waals surface area contributed by atoms with Crippen LogP contribution in [0.5, 0.6) is 5.75 Å². The zero-order valence-electron chi connectivity index (χ0n) is 14.8. The van der Waals surface area contributed by atoms with Gasteiger partial charge < -0.3 is 10.1 Å². The highest BCUT2D eigenvalue weighted by Gasteiger charge is 2.12. The quantitative estimate of drug-likeness (QED) is 0.606. The molecule has 0 heterocycles. The Labute approximate surface area is 162 Å². The first-order chi connectivity index (χ1) is 13.0. The Hall–Kier alpha value is -2.85. The summed E-state index contributed by atoms with van der Waals surface area (Å²) in [6.07, 6.45) is 0. The number of carbonyl (C=O) groups excluding carboxylic acids is 1. The fourth-order valence-corrected chi connectivity index (χ4v) is 2.81. The minimum absolute atomic E-state index is 0.227. The molecule has 0 aliphatic carbocycles. The van der Waals surface area contributed by atoms with E-state index >= 15 is 0 Å². The van der Waals surface area contributed by atoms with Crippen LogP contribution in [-0.2, 0) is 6.61 Å². The van der Waals surface area contributed by atoms with Crippen LogP contribution in [0.4, 0.5) is 4.39 Å². The van der Waals surface area contributed by atoms with E-state index in [0.717, 1.165) is 11.1 Å². The van der Waals surface area contributed by atoms with Crippen molar-refractivity contribution >= 4 is 17.5 Å². The number of halogens is 2. The van der Waals surface area contributed by atoms with Crippen LogP contribution in [0.1, 0.15) is 34.5 Å². The van der Waals surface area contributed by atoms with Gasteiger partial charge in [-0.05, 0) is 48.9 Å². The van der Waals surface area contributed by atoms with Crippen molar-refractivity contribution in [2.45, 2.75) is 19.6 Å². The molecule has 0 saturated heterocycles. The summed E-state index contributed by atoms with van der Waals surface area (Å²) in [7, 11) is 0. The van der Waals surface area contributed by atoms with Crippen LogP contribution >= 0.6 is 11.6 Å². The molecule has 0 radical (unpaired) electrons. The van der Waals surface area contributed by atoms with Gasteiger partial charge in [-0.15, -0.1) is 0 Å². The summed E-state index contributed by atoms with van der Waals surface area (Å²) in [4.78, 5) is 12.5. The molecule has 3 aromatic rings. The van der Waals surface area contributed by atoms with Crippen LogP contribution in [0, 0.1) is 5.82 Å². The number of amides is 1. The van der Waals surface area contributed by atoms with Crippen LogP contribution in [0.25, 0.3) is 0 Å². The average Bonchev–Trinajstić information content (AvgIpc) is 2.68. The molecule has 1 N–H and O–H groups in total. The molecular weight excluding hydrogens is 365 g/mol. The normalized spacial score (nSPS) is 11.7. The molecule has 3 nitrogen and oxygen atoms in total. The highest BCUT2D eigenvalue weighted by atomic mass is 35.5. The molecule has 0 aliphatic rings. The molecule has 0 unspecified atom stereocenters. The van der Waals surface area contributed by atoms with E-state index in [-0.39, 0.29) is 17.8 Å². The van der Waals surface area contributed by atoms with E-state index in [1.165, 1.54) is 12.1 Å². The Kier molecular flexibility index (Phi) is 6.09. The lowest BCUT2D eigenvalue weighted by Crippen LogP contribution is -2.26. The Morgan fingerprint density at radius 1 is 1.07 bits per heavy atom. The SMILES string of the molecule is C[C@@H](NC(=O)c1cccc(OCc2ccccc2Cl)c1)c1ccc(F)cc1. The van der Waals surface area contributed by atoms with Gasteiger partial charge in [0.1, 0.15) is 18.2 Å². The summed E-state index contributed by atoms with van der Waals surface area (Å²) in [5.74, 6) is 0.0488. The van der Waals surface area contributed by atoms with Gasteiger partial charge in [-0.2, -0.15) is 0 Å². The highest BCUT2D eigenvalue weighted by Crippen LogP contribution is 2.20. The number of hydrogen-bond donors (Lipinski definition) is 1. The lowest BCUT2D eigenvalue weighted by Gasteiger charge is -2.15.